The van der Waals surface area contributed by atoms with Crippen LogP contribution in [0.1, 0.15) is 59.3 Å². The summed E-state index contributed by atoms with van der Waals surface area (Å²) >= 11 is 0. The molecule has 1 aliphatic carbocycles. The van der Waals surface area contributed by atoms with E-state index >= 15 is 0 Å². The maximum atomic E-state index is 12.3. The largest absolute Gasteiger partial charge is 0.464 e. The molecule has 6 nitrogen and oxygen atoms in total. The molecule has 0 aromatic heterocycles. The lowest BCUT2D eigenvalue weighted by Crippen LogP contribution is -2.42. The fraction of sp³-hybridized carbons (Fsp3) is 0.895. The summed E-state index contributed by atoms with van der Waals surface area (Å²) in [6.07, 6.45) is 5.81. The van der Waals surface area contributed by atoms with Crippen molar-refractivity contribution in [1.82, 2.24) is 5.32 Å². The van der Waals surface area contributed by atoms with Gasteiger partial charge in [0, 0.05) is 6.61 Å². The van der Waals surface area contributed by atoms with Gasteiger partial charge in [0.15, 0.2) is 12.2 Å². The summed E-state index contributed by atoms with van der Waals surface area (Å²) in [6, 6.07) is -0.0527. The number of hydrogen-bond donors (Lipinski definition) is 1. The molecule has 2 fully saturated rings. The van der Waals surface area contributed by atoms with E-state index in [1.165, 1.54) is 32.1 Å². The molecule has 1 aliphatic heterocycles. The standard InChI is InChI=1S/C19H33NO5/c1-4-24-19(22)17-16(25-17)18(21)20-15(10-13(2)3)12-23-11-14-8-6-5-7-9-14/h13-17H,4-12H2,1-3H3,(H,20,21)/t15-,16-,17-/m0/s1. The SMILES string of the molecule is CCOC(=O)[C@H]1O[C@@H]1C(=O)N[C@H](COCC1CCCCC1)CC(C)C. The smallest absolute Gasteiger partial charge is 0.338 e. The molecule has 25 heavy (non-hydrogen) atoms. The van der Waals surface area contributed by atoms with Crippen LogP contribution in [-0.4, -0.2) is 49.9 Å². The molecular weight excluding hydrogens is 322 g/mol. The fourth-order valence-corrected chi connectivity index (χ4v) is 3.47. The molecule has 0 aromatic carbocycles. The van der Waals surface area contributed by atoms with Crippen molar-refractivity contribution >= 4 is 11.9 Å². The molecule has 0 aromatic rings. The van der Waals surface area contributed by atoms with Gasteiger partial charge in [0.25, 0.3) is 5.91 Å². The molecule has 2 aliphatic rings. The molecule has 144 valence electrons. The van der Waals surface area contributed by atoms with Gasteiger partial charge in [-0.3, -0.25) is 4.79 Å². The first-order valence-corrected chi connectivity index (χ1v) is 9.71. The number of nitrogens with one attached hydrogen (secondary N) is 1. The van der Waals surface area contributed by atoms with Crippen LogP contribution in [0.5, 0.6) is 0 Å². The van der Waals surface area contributed by atoms with E-state index in [9.17, 15) is 9.59 Å². The molecule has 1 amide bonds. The summed E-state index contributed by atoms with van der Waals surface area (Å²) in [5.74, 6) is 0.398. The highest BCUT2D eigenvalue weighted by atomic mass is 16.6. The van der Waals surface area contributed by atoms with Crippen LogP contribution in [0.15, 0.2) is 0 Å². The highest BCUT2D eigenvalue weighted by Crippen LogP contribution is 2.25. The Hall–Kier alpha value is -1.14. The van der Waals surface area contributed by atoms with E-state index in [-0.39, 0.29) is 18.6 Å². The predicted octanol–water partition coefficient (Wildman–Crippen LogP) is 2.44. The maximum absolute atomic E-state index is 12.3. The molecule has 2 rings (SSSR count). The highest BCUT2D eigenvalue weighted by molar-refractivity contribution is 5.92. The van der Waals surface area contributed by atoms with E-state index in [1.807, 2.05) is 0 Å². The Labute approximate surface area is 151 Å². The van der Waals surface area contributed by atoms with Gasteiger partial charge >= 0.3 is 5.97 Å². The fourth-order valence-electron chi connectivity index (χ4n) is 3.47. The highest BCUT2D eigenvalue weighted by Gasteiger charge is 2.51. The molecule has 6 heteroatoms. The van der Waals surface area contributed by atoms with E-state index < -0.39 is 18.2 Å². The molecule has 0 bridgehead atoms. The molecule has 1 heterocycles. The van der Waals surface area contributed by atoms with Gasteiger partial charge in [-0.15, -0.1) is 0 Å². The monoisotopic (exact) mass is 355 g/mol. The van der Waals surface area contributed by atoms with Gasteiger partial charge in [-0.05, 0) is 38.0 Å². The number of carbonyl (C=O) groups excluding carboxylic acids is 2. The van der Waals surface area contributed by atoms with Gasteiger partial charge in [0.05, 0.1) is 19.3 Å². The lowest BCUT2D eigenvalue weighted by molar-refractivity contribution is -0.144. The first-order chi connectivity index (χ1) is 12.0. The summed E-state index contributed by atoms with van der Waals surface area (Å²) in [4.78, 5) is 23.9. The number of esters is 1. The predicted molar refractivity (Wildman–Crippen MR) is 94.1 cm³/mol. The van der Waals surface area contributed by atoms with Crippen LogP contribution in [0.3, 0.4) is 0 Å². The summed E-state index contributed by atoms with van der Waals surface area (Å²) in [7, 11) is 0. The number of carbonyl (C=O) groups is 2. The normalized spacial score (nSPS) is 24.8. The minimum atomic E-state index is -0.747. The molecule has 1 saturated heterocycles. The van der Waals surface area contributed by atoms with Gasteiger partial charge in [0.2, 0.25) is 0 Å². The molecule has 1 saturated carbocycles. The number of ether oxygens (including phenoxy) is 3. The first-order valence-electron chi connectivity index (χ1n) is 9.71. The van der Waals surface area contributed by atoms with Crippen LogP contribution < -0.4 is 5.32 Å². The zero-order valence-corrected chi connectivity index (χ0v) is 15.8. The third kappa shape index (κ3) is 6.94. The van der Waals surface area contributed by atoms with Gasteiger partial charge < -0.3 is 19.5 Å². The van der Waals surface area contributed by atoms with Crippen LogP contribution in [0.4, 0.5) is 0 Å². The molecule has 0 radical (unpaired) electrons. The van der Waals surface area contributed by atoms with Crippen molar-refractivity contribution in [3.8, 4) is 0 Å². The van der Waals surface area contributed by atoms with E-state index in [0.717, 1.165) is 13.0 Å². The molecule has 0 unspecified atom stereocenters. The Bertz CT molecular complexity index is 434. The Morgan fingerprint density at radius 1 is 1.16 bits per heavy atom. The second kappa shape index (κ2) is 10.1. The quantitative estimate of drug-likeness (QED) is 0.481. The van der Waals surface area contributed by atoms with E-state index in [0.29, 0.717) is 18.4 Å². The van der Waals surface area contributed by atoms with Crippen molar-refractivity contribution in [1.29, 1.82) is 0 Å². The van der Waals surface area contributed by atoms with Gasteiger partial charge in [-0.2, -0.15) is 0 Å². The van der Waals surface area contributed by atoms with Gasteiger partial charge in [-0.1, -0.05) is 33.1 Å². The summed E-state index contributed by atoms with van der Waals surface area (Å²) in [5.41, 5.74) is 0. The number of epoxide rings is 1. The van der Waals surface area contributed by atoms with Crippen LogP contribution in [0.2, 0.25) is 0 Å². The lowest BCUT2D eigenvalue weighted by atomic mass is 9.90. The average Bonchev–Trinajstić information content (AvgIpc) is 3.36. The second-order valence-corrected chi connectivity index (χ2v) is 7.61. The summed E-state index contributed by atoms with van der Waals surface area (Å²) in [5, 5.41) is 2.98. The van der Waals surface area contributed by atoms with Gasteiger partial charge in [0.1, 0.15) is 0 Å². The molecule has 0 spiro atoms. The van der Waals surface area contributed by atoms with Crippen molar-refractivity contribution in [3.05, 3.63) is 0 Å². The Morgan fingerprint density at radius 2 is 1.88 bits per heavy atom. The van der Waals surface area contributed by atoms with E-state index in [1.54, 1.807) is 6.92 Å². The second-order valence-electron chi connectivity index (χ2n) is 7.61. The first kappa shape index (κ1) is 20.2. The average molecular weight is 355 g/mol. The maximum Gasteiger partial charge on any atom is 0.338 e. The van der Waals surface area contributed by atoms with Crippen molar-refractivity contribution in [2.75, 3.05) is 19.8 Å². The lowest BCUT2D eigenvalue weighted by Gasteiger charge is -2.24. The number of hydrogen-bond acceptors (Lipinski definition) is 5. The van der Waals surface area contributed by atoms with Crippen LogP contribution >= 0.6 is 0 Å². The van der Waals surface area contributed by atoms with E-state index in [4.69, 9.17) is 14.2 Å². The number of amides is 1. The van der Waals surface area contributed by atoms with Crippen molar-refractivity contribution in [2.24, 2.45) is 11.8 Å². The van der Waals surface area contributed by atoms with Crippen molar-refractivity contribution in [2.45, 2.75) is 77.5 Å². The number of rotatable bonds is 10. The van der Waals surface area contributed by atoms with Crippen molar-refractivity contribution in [3.63, 3.8) is 0 Å². The zero-order chi connectivity index (χ0) is 18.2. The topological polar surface area (TPSA) is 77.2 Å². The Morgan fingerprint density at radius 3 is 2.52 bits per heavy atom. The van der Waals surface area contributed by atoms with E-state index in [2.05, 4.69) is 19.2 Å². The molecule has 1 N–H and O–H groups in total. The Balaban J connectivity index is 1.73. The minimum absolute atomic E-state index is 0.0527. The van der Waals surface area contributed by atoms with Crippen LogP contribution in [0.25, 0.3) is 0 Å². The van der Waals surface area contributed by atoms with Crippen molar-refractivity contribution < 1.29 is 23.8 Å². The third-order valence-electron chi connectivity index (χ3n) is 4.77. The Kier molecular flexibility index (Phi) is 8.16. The van der Waals surface area contributed by atoms with Crippen LogP contribution in [0, 0.1) is 11.8 Å². The molecular formula is C19H33NO5. The molecule has 3 atom stereocenters. The zero-order valence-electron chi connectivity index (χ0n) is 15.8. The summed E-state index contributed by atoms with van der Waals surface area (Å²) < 4.78 is 16.0. The summed E-state index contributed by atoms with van der Waals surface area (Å²) in [6.45, 7) is 7.55. The minimum Gasteiger partial charge on any atom is -0.464 e. The van der Waals surface area contributed by atoms with Gasteiger partial charge in [-0.25, -0.2) is 4.79 Å². The third-order valence-corrected chi connectivity index (χ3v) is 4.77. The van der Waals surface area contributed by atoms with Crippen LogP contribution in [-0.2, 0) is 23.8 Å².